The van der Waals surface area contributed by atoms with E-state index in [0.29, 0.717) is 0 Å². The van der Waals surface area contributed by atoms with Crippen LogP contribution in [0.3, 0.4) is 0 Å². The van der Waals surface area contributed by atoms with E-state index in [2.05, 4.69) is 181 Å². The largest absolute Gasteiger partial charge is 0.311 e. The average molecular weight is 580 g/mol. The zero-order chi connectivity index (χ0) is 29.3. The van der Waals surface area contributed by atoms with Crippen molar-refractivity contribution in [3.05, 3.63) is 176 Å². The fraction of sp³-hybridized carbons (Fsp3) is 0. The molecule has 1 aromatic heterocycles. The molecule has 0 fully saturated rings. The molecule has 0 atom stereocenters. The molecule has 0 amide bonds. The van der Waals surface area contributed by atoms with Gasteiger partial charge in [0.1, 0.15) is 0 Å². The molecule has 0 spiro atoms. The Morgan fingerprint density at radius 1 is 0.295 bits per heavy atom. The van der Waals surface area contributed by atoms with Crippen LogP contribution in [0.15, 0.2) is 176 Å². The highest BCUT2D eigenvalue weighted by Crippen LogP contribution is 2.44. The predicted molar refractivity (Wildman–Crippen MR) is 190 cm³/mol. The van der Waals surface area contributed by atoms with Gasteiger partial charge in [-0.25, -0.2) is 0 Å². The molecule has 0 bridgehead atoms. The molecular formula is C42H29NS. The summed E-state index contributed by atoms with van der Waals surface area (Å²) in [5.41, 5.74) is 10.9. The van der Waals surface area contributed by atoms with Crippen LogP contribution in [-0.2, 0) is 0 Å². The van der Waals surface area contributed by atoms with Crippen molar-refractivity contribution < 1.29 is 0 Å². The van der Waals surface area contributed by atoms with Crippen molar-refractivity contribution in [3.63, 3.8) is 0 Å². The summed E-state index contributed by atoms with van der Waals surface area (Å²) in [6, 6.07) is 63.1. The first kappa shape index (κ1) is 26.2. The van der Waals surface area contributed by atoms with Crippen LogP contribution < -0.4 is 4.90 Å². The lowest BCUT2D eigenvalue weighted by Gasteiger charge is -2.26. The summed E-state index contributed by atoms with van der Waals surface area (Å²) in [6.45, 7) is 0. The highest BCUT2D eigenvalue weighted by Gasteiger charge is 2.16. The van der Waals surface area contributed by atoms with Gasteiger partial charge in [-0.05, 0) is 69.8 Å². The third-order valence-corrected chi connectivity index (χ3v) is 9.58. The van der Waals surface area contributed by atoms with Crippen molar-refractivity contribution in [2.45, 2.75) is 0 Å². The van der Waals surface area contributed by atoms with E-state index in [1.807, 2.05) is 11.3 Å². The molecule has 0 unspecified atom stereocenters. The minimum absolute atomic E-state index is 1.13. The Morgan fingerprint density at radius 3 is 1.20 bits per heavy atom. The molecule has 0 saturated heterocycles. The first-order chi connectivity index (χ1) is 21.8. The summed E-state index contributed by atoms with van der Waals surface area (Å²) in [4.78, 5) is 2.32. The quantitative estimate of drug-likeness (QED) is 0.189. The molecule has 2 heteroatoms. The molecule has 0 aliphatic carbocycles. The second-order valence-electron chi connectivity index (χ2n) is 11.0. The van der Waals surface area contributed by atoms with Crippen molar-refractivity contribution in [2.75, 3.05) is 4.90 Å². The number of para-hydroxylation sites is 1. The monoisotopic (exact) mass is 579 g/mol. The SMILES string of the molecule is c1ccc(-c2ccc(N(c3ccccc3)c3ccc(-c4cccc5c4sc4c(-c6ccccc6)cccc45)cc3)cc2)cc1. The second kappa shape index (κ2) is 11.3. The molecule has 0 aliphatic heterocycles. The maximum absolute atomic E-state index is 2.32. The maximum Gasteiger partial charge on any atom is 0.0462 e. The second-order valence-corrected chi connectivity index (χ2v) is 12.0. The Kier molecular flexibility index (Phi) is 6.75. The van der Waals surface area contributed by atoms with Gasteiger partial charge in [-0.3, -0.25) is 0 Å². The number of thiophene rings is 1. The molecule has 0 N–H and O–H groups in total. The summed E-state index contributed by atoms with van der Waals surface area (Å²) < 4.78 is 2.67. The third-order valence-electron chi connectivity index (χ3n) is 8.29. The molecule has 0 radical (unpaired) electrons. The Labute approximate surface area is 261 Å². The van der Waals surface area contributed by atoms with Crippen LogP contribution >= 0.6 is 11.3 Å². The molecule has 44 heavy (non-hydrogen) atoms. The summed E-state index contributed by atoms with van der Waals surface area (Å²) in [5.74, 6) is 0. The van der Waals surface area contributed by atoms with E-state index in [1.54, 1.807) is 0 Å². The van der Waals surface area contributed by atoms with Gasteiger partial charge in [-0.2, -0.15) is 0 Å². The van der Waals surface area contributed by atoms with Gasteiger partial charge < -0.3 is 4.90 Å². The minimum atomic E-state index is 1.13. The van der Waals surface area contributed by atoms with Gasteiger partial charge in [0.25, 0.3) is 0 Å². The molecular weight excluding hydrogens is 551 g/mol. The molecule has 0 aliphatic rings. The van der Waals surface area contributed by atoms with Crippen molar-refractivity contribution in [3.8, 4) is 33.4 Å². The van der Waals surface area contributed by atoms with E-state index in [1.165, 1.54) is 53.6 Å². The van der Waals surface area contributed by atoms with E-state index < -0.39 is 0 Å². The standard InChI is InChI=1S/C42H29NS/c1-4-12-30(13-5-1)31-22-26-35(27-23-31)43(34-16-8-3-9-17-34)36-28-24-33(25-29-36)38-19-11-21-40-39-20-10-18-37(41(39)44-42(38)40)32-14-6-2-7-15-32/h1-29H. The third kappa shape index (κ3) is 4.76. The number of nitrogens with zero attached hydrogens (tertiary/aromatic N) is 1. The molecule has 8 rings (SSSR count). The first-order valence-electron chi connectivity index (χ1n) is 14.9. The maximum atomic E-state index is 2.32. The van der Waals surface area contributed by atoms with Gasteiger partial charge in [-0.15, -0.1) is 11.3 Å². The van der Waals surface area contributed by atoms with E-state index in [9.17, 15) is 0 Å². The molecule has 1 heterocycles. The van der Waals surface area contributed by atoms with E-state index >= 15 is 0 Å². The lowest BCUT2D eigenvalue weighted by Crippen LogP contribution is -2.09. The van der Waals surface area contributed by atoms with Crippen molar-refractivity contribution in [1.29, 1.82) is 0 Å². The average Bonchev–Trinajstić information content (AvgIpc) is 3.50. The van der Waals surface area contributed by atoms with E-state index in [-0.39, 0.29) is 0 Å². The molecule has 208 valence electrons. The Bertz CT molecular complexity index is 2180. The highest BCUT2D eigenvalue weighted by molar-refractivity contribution is 7.26. The number of benzene rings is 7. The highest BCUT2D eigenvalue weighted by atomic mass is 32.1. The van der Waals surface area contributed by atoms with Crippen molar-refractivity contribution in [1.82, 2.24) is 0 Å². The molecule has 0 saturated carbocycles. The van der Waals surface area contributed by atoms with Crippen LogP contribution in [0.2, 0.25) is 0 Å². The van der Waals surface area contributed by atoms with Crippen LogP contribution in [0.1, 0.15) is 0 Å². The molecule has 8 aromatic rings. The normalized spacial score (nSPS) is 11.2. The van der Waals surface area contributed by atoms with Gasteiger partial charge in [0, 0.05) is 37.2 Å². The van der Waals surface area contributed by atoms with Gasteiger partial charge in [-0.1, -0.05) is 140 Å². The van der Waals surface area contributed by atoms with Gasteiger partial charge in [0.05, 0.1) is 0 Å². The Balaban J connectivity index is 1.19. The number of anilines is 3. The van der Waals surface area contributed by atoms with E-state index in [0.717, 1.165) is 17.1 Å². The number of hydrogen-bond acceptors (Lipinski definition) is 2. The fourth-order valence-corrected chi connectivity index (χ4v) is 7.51. The van der Waals surface area contributed by atoms with Gasteiger partial charge in [0.15, 0.2) is 0 Å². The zero-order valence-electron chi connectivity index (χ0n) is 24.1. The zero-order valence-corrected chi connectivity index (χ0v) is 24.9. The summed E-state index contributed by atoms with van der Waals surface area (Å²) in [7, 11) is 0. The number of rotatable bonds is 6. The van der Waals surface area contributed by atoms with E-state index in [4.69, 9.17) is 0 Å². The van der Waals surface area contributed by atoms with Crippen LogP contribution in [0.5, 0.6) is 0 Å². The Hall–Kier alpha value is -5.44. The molecule has 7 aromatic carbocycles. The first-order valence-corrected chi connectivity index (χ1v) is 15.8. The number of hydrogen-bond donors (Lipinski definition) is 0. The predicted octanol–water partition coefficient (Wildman–Crippen LogP) is 12.5. The summed E-state index contributed by atoms with van der Waals surface area (Å²) in [5, 5.41) is 2.63. The van der Waals surface area contributed by atoms with Crippen molar-refractivity contribution in [2.24, 2.45) is 0 Å². The van der Waals surface area contributed by atoms with Gasteiger partial charge >= 0.3 is 0 Å². The topological polar surface area (TPSA) is 3.24 Å². The summed E-state index contributed by atoms with van der Waals surface area (Å²) >= 11 is 1.90. The number of fused-ring (bicyclic) bond motifs is 3. The van der Waals surface area contributed by atoms with Crippen LogP contribution in [0.25, 0.3) is 53.6 Å². The fourth-order valence-electron chi connectivity index (χ4n) is 6.14. The summed E-state index contributed by atoms with van der Waals surface area (Å²) in [6.07, 6.45) is 0. The Morgan fingerprint density at radius 2 is 0.682 bits per heavy atom. The van der Waals surface area contributed by atoms with Crippen LogP contribution in [0, 0.1) is 0 Å². The van der Waals surface area contributed by atoms with Gasteiger partial charge in [0.2, 0.25) is 0 Å². The molecule has 1 nitrogen and oxygen atoms in total. The minimum Gasteiger partial charge on any atom is -0.311 e. The lowest BCUT2D eigenvalue weighted by atomic mass is 10.00. The van der Waals surface area contributed by atoms with Crippen molar-refractivity contribution >= 4 is 48.6 Å². The smallest absolute Gasteiger partial charge is 0.0462 e. The van der Waals surface area contributed by atoms with Crippen LogP contribution in [0.4, 0.5) is 17.1 Å². The lowest BCUT2D eigenvalue weighted by molar-refractivity contribution is 1.28. The van der Waals surface area contributed by atoms with Crippen LogP contribution in [-0.4, -0.2) is 0 Å².